The molecule has 0 spiro atoms. The maximum absolute atomic E-state index is 13.2. The maximum Gasteiger partial charge on any atom is 0.288 e. The molecule has 0 saturated heterocycles. The number of nitrogens with zero attached hydrogens (tertiary/aromatic N) is 2. The molecule has 0 aliphatic heterocycles. The minimum Gasteiger partial charge on any atom is -0.296 e. The van der Waals surface area contributed by atoms with E-state index in [4.69, 9.17) is 0 Å². The van der Waals surface area contributed by atoms with Gasteiger partial charge in [0.2, 0.25) is 0 Å². The van der Waals surface area contributed by atoms with Crippen LogP contribution in [0.15, 0.2) is 92.4 Å². The molecule has 0 heterocycles. The lowest BCUT2D eigenvalue weighted by Crippen LogP contribution is -2.32. The first-order valence-corrected chi connectivity index (χ1v) is 13.7. The van der Waals surface area contributed by atoms with Gasteiger partial charge in [0.15, 0.2) is 0 Å². The highest BCUT2D eigenvalue weighted by Gasteiger charge is 2.23. The fraction of sp³-hybridized carbons (Fsp3) is 0.308. The summed E-state index contributed by atoms with van der Waals surface area (Å²) in [5.74, 6) is 0.611. The lowest BCUT2D eigenvalue weighted by atomic mass is 10.1. The third-order valence-corrected chi connectivity index (χ3v) is 9.37. The molecule has 0 radical (unpaired) electrons. The summed E-state index contributed by atoms with van der Waals surface area (Å²) in [6.07, 6.45) is 0. The van der Waals surface area contributed by atoms with Gasteiger partial charge in [0, 0.05) is 16.7 Å². The third kappa shape index (κ3) is 6.15. The molecule has 3 aromatic rings. The Morgan fingerprint density at radius 2 is 1.34 bits per heavy atom. The van der Waals surface area contributed by atoms with E-state index in [1.807, 2.05) is 68.4 Å². The molecular weight excluding hydrogens is 436 g/mol. The molecule has 0 aliphatic rings. The van der Waals surface area contributed by atoms with Gasteiger partial charge in [-0.1, -0.05) is 79.6 Å². The first-order chi connectivity index (χ1) is 15.3. The van der Waals surface area contributed by atoms with Crippen LogP contribution in [0.1, 0.15) is 36.6 Å². The summed E-state index contributed by atoms with van der Waals surface area (Å²) in [6, 6.07) is 25.4. The van der Waals surface area contributed by atoms with Gasteiger partial charge in [-0.05, 0) is 67.5 Å². The first kappa shape index (κ1) is 24.4. The summed E-state index contributed by atoms with van der Waals surface area (Å²) < 4.78 is 31.0. The number of hydrogen-bond donors (Lipinski definition) is 0. The second-order valence-electron chi connectivity index (χ2n) is 7.85. The minimum absolute atomic E-state index is 0.0767. The molecule has 0 aliphatic carbocycles. The molecule has 32 heavy (non-hydrogen) atoms. The standard InChI is InChI=1S/C26H32N2O2S2/c1-5-28(6-2)26(23-10-8-7-9-11-23)20-31(24-16-12-21(3)13-17-24)27-32(29,30)25-18-14-22(4)15-19-25/h7-19,26H,5-6,20H2,1-4H3. The first-order valence-electron chi connectivity index (χ1n) is 11.0. The molecule has 0 bridgehead atoms. The SMILES string of the molecule is CCN(CC)C(CS(=NS(=O)(=O)c1ccc(C)cc1)c1ccc(C)cc1)c1ccccc1. The Labute approximate surface area is 195 Å². The number of sulfonamides is 1. The van der Waals surface area contributed by atoms with E-state index in [0.29, 0.717) is 5.75 Å². The van der Waals surface area contributed by atoms with Gasteiger partial charge in [0.1, 0.15) is 0 Å². The highest BCUT2D eigenvalue weighted by molar-refractivity contribution is 8.00. The van der Waals surface area contributed by atoms with Crippen LogP contribution in [-0.2, 0) is 20.7 Å². The van der Waals surface area contributed by atoms with E-state index >= 15 is 0 Å². The Morgan fingerprint density at radius 1 is 0.812 bits per heavy atom. The van der Waals surface area contributed by atoms with E-state index in [-0.39, 0.29) is 10.9 Å². The Hall–Kier alpha value is -2.28. The van der Waals surface area contributed by atoms with Gasteiger partial charge < -0.3 is 0 Å². The normalized spacial score (nSPS) is 13.9. The van der Waals surface area contributed by atoms with E-state index in [2.05, 4.69) is 34.6 Å². The average Bonchev–Trinajstić information content (AvgIpc) is 2.80. The smallest absolute Gasteiger partial charge is 0.288 e. The van der Waals surface area contributed by atoms with Crippen LogP contribution in [-0.4, -0.2) is 32.2 Å². The molecule has 0 fully saturated rings. The van der Waals surface area contributed by atoms with Crippen LogP contribution >= 0.6 is 0 Å². The lowest BCUT2D eigenvalue weighted by Gasteiger charge is -2.31. The molecule has 3 aromatic carbocycles. The number of hydrogen-bond acceptors (Lipinski definition) is 3. The van der Waals surface area contributed by atoms with E-state index in [1.54, 1.807) is 12.1 Å². The van der Waals surface area contributed by atoms with Gasteiger partial charge in [0.05, 0.1) is 4.90 Å². The number of benzene rings is 3. The zero-order valence-corrected chi connectivity index (χ0v) is 20.9. The predicted molar refractivity (Wildman–Crippen MR) is 135 cm³/mol. The van der Waals surface area contributed by atoms with Gasteiger partial charge >= 0.3 is 0 Å². The zero-order chi connectivity index (χ0) is 23.1. The Bertz CT molecular complexity index is 1140. The van der Waals surface area contributed by atoms with Crippen LogP contribution in [0.25, 0.3) is 0 Å². The minimum atomic E-state index is -3.78. The fourth-order valence-electron chi connectivity index (χ4n) is 3.64. The summed E-state index contributed by atoms with van der Waals surface area (Å²) in [4.78, 5) is 3.56. The van der Waals surface area contributed by atoms with Crippen LogP contribution in [0.4, 0.5) is 0 Å². The van der Waals surface area contributed by atoms with Crippen molar-refractivity contribution in [2.45, 2.75) is 43.5 Å². The van der Waals surface area contributed by atoms with Crippen LogP contribution in [0.5, 0.6) is 0 Å². The number of rotatable bonds is 9. The Balaban J connectivity index is 2.10. The average molecular weight is 469 g/mol. The second-order valence-corrected chi connectivity index (χ2v) is 11.4. The van der Waals surface area contributed by atoms with Gasteiger partial charge in [-0.25, -0.2) is 0 Å². The summed E-state index contributed by atoms with van der Waals surface area (Å²) in [7, 11) is -4.61. The molecule has 0 N–H and O–H groups in total. The van der Waals surface area contributed by atoms with Crippen molar-refractivity contribution < 1.29 is 8.42 Å². The second kappa shape index (κ2) is 11.0. The van der Waals surface area contributed by atoms with Gasteiger partial charge in [0.25, 0.3) is 10.0 Å². The van der Waals surface area contributed by atoms with E-state index in [1.165, 1.54) is 5.56 Å². The quantitative estimate of drug-likeness (QED) is 0.391. The van der Waals surface area contributed by atoms with E-state index < -0.39 is 20.7 Å². The molecule has 4 nitrogen and oxygen atoms in total. The van der Waals surface area contributed by atoms with Crippen molar-refractivity contribution in [3.63, 3.8) is 0 Å². The van der Waals surface area contributed by atoms with Crippen molar-refractivity contribution >= 4 is 20.7 Å². The Kier molecular flexibility index (Phi) is 8.40. The third-order valence-electron chi connectivity index (χ3n) is 5.55. The van der Waals surface area contributed by atoms with Gasteiger partial charge in [-0.3, -0.25) is 4.90 Å². The van der Waals surface area contributed by atoms with Crippen molar-refractivity contribution in [2.24, 2.45) is 3.77 Å². The van der Waals surface area contributed by atoms with Crippen LogP contribution < -0.4 is 0 Å². The molecule has 170 valence electrons. The molecule has 0 amide bonds. The highest BCUT2D eigenvalue weighted by Crippen LogP contribution is 2.27. The van der Waals surface area contributed by atoms with E-state index in [0.717, 1.165) is 29.1 Å². The molecular formula is C26H32N2O2S2. The van der Waals surface area contributed by atoms with Crippen molar-refractivity contribution in [3.8, 4) is 0 Å². The zero-order valence-electron chi connectivity index (χ0n) is 19.2. The predicted octanol–water partition coefficient (Wildman–Crippen LogP) is 5.94. The van der Waals surface area contributed by atoms with Crippen LogP contribution in [0, 0.1) is 13.8 Å². The molecule has 0 aromatic heterocycles. The molecule has 2 unspecified atom stereocenters. The van der Waals surface area contributed by atoms with Crippen molar-refractivity contribution in [3.05, 3.63) is 95.6 Å². The molecule has 6 heteroatoms. The number of aryl methyl sites for hydroxylation is 2. The van der Waals surface area contributed by atoms with Gasteiger partial charge in [-0.15, -0.1) is 3.77 Å². The lowest BCUT2D eigenvalue weighted by molar-refractivity contribution is 0.238. The van der Waals surface area contributed by atoms with Gasteiger partial charge in [-0.2, -0.15) is 8.42 Å². The monoisotopic (exact) mass is 468 g/mol. The fourth-order valence-corrected chi connectivity index (χ4v) is 7.34. The Morgan fingerprint density at radius 3 is 1.88 bits per heavy atom. The molecule has 0 saturated carbocycles. The highest BCUT2D eigenvalue weighted by atomic mass is 32.3. The maximum atomic E-state index is 13.2. The van der Waals surface area contributed by atoms with Crippen molar-refractivity contribution in [2.75, 3.05) is 18.8 Å². The van der Waals surface area contributed by atoms with E-state index in [9.17, 15) is 8.42 Å². The molecule has 2 atom stereocenters. The largest absolute Gasteiger partial charge is 0.296 e. The summed E-state index contributed by atoms with van der Waals surface area (Å²) in [6.45, 7) is 10.0. The van der Waals surface area contributed by atoms with Crippen molar-refractivity contribution in [1.82, 2.24) is 4.90 Å². The van der Waals surface area contributed by atoms with Crippen molar-refractivity contribution in [1.29, 1.82) is 0 Å². The van der Waals surface area contributed by atoms with Crippen LogP contribution in [0.2, 0.25) is 0 Å². The molecule has 3 rings (SSSR count). The topological polar surface area (TPSA) is 49.7 Å². The summed E-state index contributed by atoms with van der Waals surface area (Å²) in [5.41, 5.74) is 3.35. The van der Waals surface area contributed by atoms with Crippen LogP contribution in [0.3, 0.4) is 0 Å². The summed E-state index contributed by atoms with van der Waals surface area (Å²) in [5, 5.41) is 0. The summed E-state index contributed by atoms with van der Waals surface area (Å²) >= 11 is 0.